The van der Waals surface area contributed by atoms with Gasteiger partial charge in [0.25, 0.3) is 0 Å². The molecule has 0 spiro atoms. The van der Waals surface area contributed by atoms with Gasteiger partial charge in [-0.2, -0.15) is 0 Å². The summed E-state index contributed by atoms with van der Waals surface area (Å²) in [6.07, 6.45) is 3.03. The molecule has 4 N–H and O–H groups in total. The summed E-state index contributed by atoms with van der Waals surface area (Å²) >= 11 is 0. The lowest BCUT2D eigenvalue weighted by atomic mass is 10.2. The first-order chi connectivity index (χ1) is 9.47. The molecule has 0 atom stereocenters. The van der Waals surface area contributed by atoms with Crippen LogP contribution in [0.1, 0.15) is 0 Å². The molecule has 0 aliphatic heterocycles. The SMILES string of the molecule is Nc1cccc(-c2nc3ccncn3n2)c1S(N)(=O)=O. The highest BCUT2D eigenvalue weighted by molar-refractivity contribution is 7.89. The Kier molecular flexibility index (Phi) is 2.66. The van der Waals surface area contributed by atoms with Gasteiger partial charge in [0.2, 0.25) is 10.0 Å². The fourth-order valence-electron chi connectivity index (χ4n) is 1.91. The number of rotatable bonds is 2. The summed E-state index contributed by atoms with van der Waals surface area (Å²) in [7, 11) is -3.98. The number of nitrogens with zero attached hydrogens (tertiary/aromatic N) is 4. The van der Waals surface area contributed by atoms with Gasteiger partial charge < -0.3 is 5.73 Å². The van der Waals surface area contributed by atoms with Gasteiger partial charge in [0.05, 0.1) is 5.69 Å². The van der Waals surface area contributed by atoms with E-state index in [9.17, 15) is 8.42 Å². The Morgan fingerprint density at radius 3 is 2.70 bits per heavy atom. The van der Waals surface area contributed by atoms with Crippen molar-refractivity contribution in [2.75, 3.05) is 5.73 Å². The van der Waals surface area contributed by atoms with Gasteiger partial charge in [-0.1, -0.05) is 6.07 Å². The Labute approximate surface area is 114 Å². The maximum Gasteiger partial charge on any atom is 0.240 e. The Morgan fingerprint density at radius 1 is 1.20 bits per heavy atom. The number of hydrogen-bond donors (Lipinski definition) is 2. The van der Waals surface area contributed by atoms with Crippen molar-refractivity contribution >= 4 is 21.4 Å². The van der Waals surface area contributed by atoms with E-state index in [0.29, 0.717) is 5.65 Å². The normalized spacial score (nSPS) is 11.8. The van der Waals surface area contributed by atoms with Crippen LogP contribution in [0.2, 0.25) is 0 Å². The summed E-state index contributed by atoms with van der Waals surface area (Å²) < 4.78 is 24.8. The molecular formula is C11H10N6O2S. The van der Waals surface area contributed by atoms with Gasteiger partial charge in [0.15, 0.2) is 11.5 Å². The van der Waals surface area contributed by atoms with Gasteiger partial charge in [-0.05, 0) is 12.1 Å². The first kappa shape index (κ1) is 12.5. The van der Waals surface area contributed by atoms with Crippen molar-refractivity contribution in [1.82, 2.24) is 19.6 Å². The number of aromatic nitrogens is 4. The third-order valence-electron chi connectivity index (χ3n) is 2.71. The van der Waals surface area contributed by atoms with E-state index in [1.165, 1.54) is 16.9 Å². The highest BCUT2D eigenvalue weighted by Gasteiger charge is 2.21. The van der Waals surface area contributed by atoms with Crippen LogP contribution < -0.4 is 10.9 Å². The van der Waals surface area contributed by atoms with Crippen LogP contribution in [-0.2, 0) is 10.0 Å². The average Bonchev–Trinajstić information content (AvgIpc) is 2.80. The van der Waals surface area contributed by atoms with E-state index in [-0.39, 0.29) is 22.0 Å². The summed E-state index contributed by atoms with van der Waals surface area (Å²) in [6, 6.07) is 6.28. The maximum atomic E-state index is 11.7. The van der Waals surface area contributed by atoms with Crippen molar-refractivity contribution in [2.45, 2.75) is 4.90 Å². The topological polar surface area (TPSA) is 129 Å². The van der Waals surface area contributed by atoms with Crippen LogP contribution in [0, 0.1) is 0 Å². The van der Waals surface area contributed by atoms with Crippen LogP contribution in [0.4, 0.5) is 5.69 Å². The van der Waals surface area contributed by atoms with Crippen LogP contribution in [0.15, 0.2) is 41.7 Å². The van der Waals surface area contributed by atoms with Crippen LogP contribution in [0.3, 0.4) is 0 Å². The van der Waals surface area contributed by atoms with E-state index in [4.69, 9.17) is 10.9 Å². The molecule has 8 nitrogen and oxygen atoms in total. The fourth-order valence-corrected chi connectivity index (χ4v) is 2.77. The minimum atomic E-state index is -3.98. The van der Waals surface area contributed by atoms with E-state index < -0.39 is 10.0 Å². The van der Waals surface area contributed by atoms with Crippen molar-refractivity contribution < 1.29 is 8.42 Å². The number of nitrogens with two attached hydrogens (primary N) is 2. The van der Waals surface area contributed by atoms with Crippen molar-refractivity contribution in [2.24, 2.45) is 5.14 Å². The lowest BCUT2D eigenvalue weighted by Crippen LogP contribution is -2.15. The molecule has 0 radical (unpaired) electrons. The number of benzene rings is 1. The van der Waals surface area contributed by atoms with Gasteiger partial charge in [0, 0.05) is 17.8 Å². The zero-order valence-corrected chi connectivity index (χ0v) is 10.9. The molecular weight excluding hydrogens is 280 g/mol. The van der Waals surface area contributed by atoms with Crippen LogP contribution >= 0.6 is 0 Å². The summed E-state index contributed by atoms with van der Waals surface area (Å²) in [5.41, 5.74) is 6.56. The molecule has 3 aromatic rings. The van der Waals surface area contributed by atoms with Crippen LogP contribution in [0.5, 0.6) is 0 Å². The lowest BCUT2D eigenvalue weighted by Gasteiger charge is -2.07. The third-order valence-corrected chi connectivity index (χ3v) is 3.74. The number of primary sulfonamides is 1. The second-order valence-electron chi connectivity index (χ2n) is 4.09. The molecule has 0 saturated carbocycles. The summed E-state index contributed by atoms with van der Waals surface area (Å²) in [5.74, 6) is 0.217. The van der Waals surface area contributed by atoms with Gasteiger partial charge >= 0.3 is 0 Å². The molecule has 0 bridgehead atoms. The van der Waals surface area contributed by atoms with E-state index in [2.05, 4.69) is 15.1 Å². The Balaban J connectivity index is 2.32. The molecule has 0 unspecified atom stereocenters. The Bertz CT molecular complexity index is 869. The second-order valence-corrected chi connectivity index (χ2v) is 5.59. The second kappa shape index (κ2) is 4.25. The number of nitrogen functional groups attached to an aromatic ring is 1. The van der Waals surface area contributed by atoms with Crippen molar-refractivity contribution in [3.8, 4) is 11.4 Å². The van der Waals surface area contributed by atoms with Gasteiger partial charge in [-0.15, -0.1) is 5.10 Å². The standard InChI is InChI=1S/C11H10N6O2S/c12-8-3-1-2-7(10(8)20(13,18)19)11-15-9-4-5-14-6-17(9)16-11/h1-6H,12H2,(H2,13,18,19). The summed E-state index contributed by atoms with van der Waals surface area (Å²) in [4.78, 5) is 7.96. The van der Waals surface area contributed by atoms with E-state index in [1.807, 2.05) is 0 Å². The Morgan fingerprint density at radius 2 is 2.00 bits per heavy atom. The lowest BCUT2D eigenvalue weighted by molar-refractivity contribution is 0.598. The molecule has 0 aliphatic rings. The quantitative estimate of drug-likeness (QED) is 0.640. The number of anilines is 1. The largest absolute Gasteiger partial charge is 0.398 e. The van der Waals surface area contributed by atoms with Gasteiger partial charge in [-0.3, -0.25) is 0 Å². The highest BCUT2D eigenvalue weighted by atomic mass is 32.2. The molecule has 0 saturated heterocycles. The molecule has 3 rings (SSSR count). The van der Waals surface area contributed by atoms with Crippen LogP contribution in [0.25, 0.3) is 17.0 Å². The smallest absolute Gasteiger partial charge is 0.240 e. The minimum absolute atomic E-state index is 0.0574. The van der Waals surface area contributed by atoms with E-state index >= 15 is 0 Å². The predicted octanol–water partition coefficient (Wildman–Crippen LogP) is 0.0209. The van der Waals surface area contributed by atoms with Crippen molar-refractivity contribution in [3.63, 3.8) is 0 Å². The first-order valence-electron chi connectivity index (χ1n) is 5.55. The predicted molar refractivity (Wildman–Crippen MR) is 72.0 cm³/mol. The monoisotopic (exact) mass is 290 g/mol. The fraction of sp³-hybridized carbons (Fsp3) is 0. The zero-order chi connectivity index (χ0) is 14.3. The zero-order valence-electron chi connectivity index (χ0n) is 10.1. The molecule has 0 fully saturated rings. The van der Waals surface area contributed by atoms with E-state index in [0.717, 1.165) is 0 Å². The van der Waals surface area contributed by atoms with Gasteiger partial charge in [0.1, 0.15) is 11.2 Å². The Hall–Kier alpha value is -2.52. The number of fused-ring (bicyclic) bond motifs is 1. The average molecular weight is 290 g/mol. The molecule has 1 aromatic carbocycles. The maximum absolute atomic E-state index is 11.7. The third kappa shape index (κ3) is 1.98. The van der Waals surface area contributed by atoms with Crippen LogP contribution in [-0.4, -0.2) is 28.0 Å². The molecule has 2 aromatic heterocycles. The highest BCUT2D eigenvalue weighted by Crippen LogP contribution is 2.28. The number of sulfonamides is 1. The molecule has 2 heterocycles. The molecule has 0 amide bonds. The van der Waals surface area contributed by atoms with Gasteiger partial charge in [-0.25, -0.2) is 28.0 Å². The molecule has 0 aliphatic carbocycles. The first-order valence-corrected chi connectivity index (χ1v) is 7.09. The molecule has 20 heavy (non-hydrogen) atoms. The number of hydrogen-bond acceptors (Lipinski definition) is 6. The van der Waals surface area contributed by atoms with Crippen molar-refractivity contribution in [1.29, 1.82) is 0 Å². The molecule has 9 heteroatoms. The summed E-state index contributed by atoms with van der Waals surface area (Å²) in [5, 5.41) is 9.37. The minimum Gasteiger partial charge on any atom is -0.398 e. The molecule has 102 valence electrons. The summed E-state index contributed by atoms with van der Waals surface area (Å²) in [6.45, 7) is 0. The van der Waals surface area contributed by atoms with E-state index in [1.54, 1.807) is 24.4 Å². The van der Waals surface area contributed by atoms with Crippen molar-refractivity contribution in [3.05, 3.63) is 36.8 Å².